The molecule has 0 N–H and O–H groups in total. The predicted octanol–water partition coefficient (Wildman–Crippen LogP) is 4.80. The van der Waals surface area contributed by atoms with E-state index in [0.29, 0.717) is 17.9 Å². The molecule has 0 aromatic rings. The van der Waals surface area contributed by atoms with Crippen molar-refractivity contribution in [2.45, 2.75) is 64.7 Å². The summed E-state index contributed by atoms with van der Waals surface area (Å²) in [6, 6.07) is 0. The van der Waals surface area contributed by atoms with E-state index in [9.17, 15) is 9.59 Å². The molecule has 4 nitrogen and oxygen atoms in total. The molecular weight excluding hydrogens is 316 g/mol. The van der Waals surface area contributed by atoms with Crippen LogP contribution in [0.4, 0.5) is 0 Å². The molecule has 136 valence electrons. The molecule has 0 aromatic heterocycles. The second-order valence-electron chi connectivity index (χ2n) is 6.51. The van der Waals surface area contributed by atoms with Gasteiger partial charge in [0.1, 0.15) is 0 Å². The zero-order valence-electron chi connectivity index (χ0n) is 15.3. The molecule has 0 radical (unpaired) electrons. The Morgan fingerprint density at radius 1 is 1.20 bits per heavy atom. The van der Waals surface area contributed by atoms with Crippen LogP contribution in [-0.2, 0) is 19.1 Å². The lowest BCUT2D eigenvalue weighted by Gasteiger charge is -2.09. The third-order valence-corrected chi connectivity index (χ3v) is 4.62. The van der Waals surface area contributed by atoms with E-state index in [1.165, 1.54) is 32.8 Å². The number of ether oxygens (including phenoxy) is 2. The van der Waals surface area contributed by atoms with Crippen LogP contribution in [0.25, 0.3) is 0 Å². The Hall–Kier alpha value is -2.06. The number of ketones is 1. The number of allylic oxidation sites excluding steroid dienone is 5. The highest BCUT2D eigenvalue weighted by molar-refractivity contribution is 6.14. The van der Waals surface area contributed by atoms with Gasteiger partial charge in [0.2, 0.25) is 11.5 Å². The average Bonchev–Trinajstić information content (AvgIpc) is 3.37. The first kappa shape index (κ1) is 19.3. The first-order valence-electron chi connectivity index (χ1n) is 9.34. The second-order valence-corrected chi connectivity index (χ2v) is 6.51. The number of hydrogen-bond acceptors (Lipinski definition) is 4. The zero-order valence-corrected chi connectivity index (χ0v) is 15.3. The molecule has 0 fully saturated rings. The maximum Gasteiger partial charge on any atom is 0.228 e. The molecule has 25 heavy (non-hydrogen) atoms. The first-order chi connectivity index (χ1) is 12.2. The Kier molecular flexibility index (Phi) is 7.75. The molecule has 0 saturated carbocycles. The van der Waals surface area contributed by atoms with Gasteiger partial charge in [-0.15, -0.1) is 0 Å². The Bertz CT molecular complexity index is 618. The minimum absolute atomic E-state index is 0.0121. The zero-order chi connectivity index (χ0) is 18.1. The van der Waals surface area contributed by atoms with Gasteiger partial charge >= 0.3 is 0 Å². The lowest BCUT2D eigenvalue weighted by molar-refractivity contribution is -0.113. The SMILES string of the molecule is CCCCCCC=CC1C(=CCCCCC(=C=O)OC)C(=O)C2=C1O2. The molecule has 0 saturated heterocycles. The minimum atomic E-state index is 0.0121. The molecule has 4 heteroatoms. The van der Waals surface area contributed by atoms with Crippen LogP contribution in [0.3, 0.4) is 0 Å². The summed E-state index contributed by atoms with van der Waals surface area (Å²) < 4.78 is 10.2. The van der Waals surface area contributed by atoms with Crippen LogP contribution in [0.5, 0.6) is 0 Å². The number of Topliss-reactive ketones (excluding diaryl/α,β-unsaturated/α-hetero) is 1. The molecule has 1 atom stereocenters. The Morgan fingerprint density at radius 3 is 2.72 bits per heavy atom. The molecule has 2 aliphatic rings. The third kappa shape index (κ3) is 5.47. The molecule has 1 aliphatic heterocycles. The fourth-order valence-corrected chi connectivity index (χ4v) is 3.08. The fourth-order valence-electron chi connectivity index (χ4n) is 3.08. The van der Waals surface area contributed by atoms with Crippen molar-refractivity contribution in [3.05, 3.63) is 41.1 Å². The maximum atomic E-state index is 12.2. The molecule has 0 aromatic carbocycles. The van der Waals surface area contributed by atoms with E-state index in [4.69, 9.17) is 9.47 Å². The van der Waals surface area contributed by atoms with Gasteiger partial charge in [-0.2, -0.15) is 0 Å². The van der Waals surface area contributed by atoms with E-state index in [2.05, 4.69) is 19.1 Å². The number of hydrogen-bond donors (Lipinski definition) is 0. The average molecular weight is 344 g/mol. The predicted molar refractivity (Wildman–Crippen MR) is 97.3 cm³/mol. The van der Waals surface area contributed by atoms with Crippen molar-refractivity contribution in [1.29, 1.82) is 0 Å². The van der Waals surface area contributed by atoms with E-state index in [0.717, 1.165) is 37.0 Å². The molecule has 1 aliphatic carbocycles. The van der Waals surface area contributed by atoms with Gasteiger partial charge in [0.05, 0.1) is 13.0 Å². The summed E-state index contributed by atoms with van der Waals surface area (Å²) in [6.07, 6.45) is 15.5. The summed E-state index contributed by atoms with van der Waals surface area (Å²) in [5.41, 5.74) is 0.846. The smallest absolute Gasteiger partial charge is 0.228 e. The van der Waals surface area contributed by atoms with Crippen molar-refractivity contribution in [1.82, 2.24) is 0 Å². The summed E-state index contributed by atoms with van der Waals surface area (Å²) in [4.78, 5) is 22.8. The number of methoxy groups -OCH3 is 1. The molecule has 0 amide bonds. The van der Waals surface area contributed by atoms with E-state index < -0.39 is 0 Å². The van der Waals surface area contributed by atoms with Gasteiger partial charge in [0.15, 0.2) is 17.5 Å². The third-order valence-electron chi connectivity index (χ3n) is 4.62. The van der Waals surface area contributed by atoms with Crippen LogP contribution in [0.2, 0.25) is 0 Å². The molecule has 1 unspecified atom stereocenters. The highest BCUT2D eigenvalue weighted by atomic mass is 16.6. The molecule has 0 bridgehead atoms. The van der Waals surface area contributed by atoms with E-state index in [1.54, 1.807) is 5.94 Å². The van der Waals surface area contributed by atoms with E-state index in [1.807, 2.05) is 6.08 Å². The van der Waals surface area contributed by atoms with Crippen LogP contribution < -0.4 is 0 Å². The largest absolute Gasteiger partial charge is 0.490 e. The summed E-state index contributed by atoms with van der Waals surface area (Å²) >= 11 is 0. The van der Waals surface area contributed by atoms with E-state index in [-0.39, 0.29) is 11.7 Å². The van der Waals surface area contributed by atoms with Gasteiger partial charge in [0, 0.05) is 12.0 Å². The van der Waals surface area contributed by atoms with Crippen LogP contribution in [0, 0.1) is 5.92 Å². The van der Waals surface area contributed by atoms with E-state index >= 15 is 0 Å². The van der Waals surface area contributed by atoms with Gasteiger partial charge in [-0.05, 0) is 32.1 Å². The van der Waals surface area contributed by atoms with Gasteiger partial charge in [0.25, 0.3) is 0 Å². The standard InChI is InChI=1S/C21H28O4/c1-3-4-5-6-7-10-14-18-17(19(23)21-20(18)25-21)13-11-8-9-12-16(15-22)24-2/h10,13-14,18H,3-9,11-12H2,1-2H3. The lowest BCUT2D eigenvalue weighted by Crippen LogP contribution is -2.08. The van der Waals surface area contributed by atoms with Crippen LogP contribution in [0.1, 0.15) is 64.7 Å². The van der Waals surface area contributed by atoms with Crippen molar-refractivity contribution in [3.63, 3.8) is 0 Å². The Balaban J connectivity index is 1.78. The molecular formula is C21H28O4. The first-order valence-corrected chi connectivity index (χ1v) is 9.34. The summed E-state index contributed by atoms with van der Waals surface area (Å²) in [5, 5.41) is 0. The van der Waals surface area contributed by atoms with Crippen molar-refractivity contribution < 1.29 is 19.1 Å². The summed E-state index contributed by atoms with van der Waals surface area (Å²) in [6.45, 7) is 2.21. The minimum Gasteiger partial charge on any atom is -0.490 e. The van der Waals surface area contributed by atoms with Crippen molar-refractivity contribution in [3.8, 4) is 0 Å². The normalized spacial score (nSPS) is 20.0. The van der Waals surface area contributed by atoms with Gasteiger partial charge in [-0.3, -0.25) is 4.79 Å². The highest BCUT2D eigenvalue weighted by Gasteiger charge is 2.48. The topological polar surface area (TPSA) is 55.9 Å². The van der Waals surface area contributed by atoms with Gasteiger partial charge < -0.3 is 9.47 Å². The second kappa shape index (κ2) is 10.0. The number of carbonyl (C=O) groups excluding carboxylic acids is 2. The quantitative estimate of drug-likeness (QED) is 0.168. The molecule has 0 spiro atoms. The summed E-state index contributed by atoms with van der Waals surface area (Å²) in [7, 11) is 1.49. The maximum absolute atomic E-state index is 12.2. The number of unbranched alkanes of at least 4 members (excludes halogenated alkanes) is 6. The molecule has 2 rings (SSSR count). The van der Waals surface area contributed by atoms with Gasteiger partial charge in [-0.25, -0.2) is 4.79 Å². The molecule has 1 heterocycles. The Morgan fingerprint density at radius 2 is 2.00 bits per heavy atom. The van der Waals surface area contributed by atoms with Crippen LogP contribution in [-0.4, -0.2) is 18.8 Å². The Labute approximate surface area is 150 Å². The van der Waals surface area contributed by atoms with Crippen LogP contribution >= 0.6 is 0 Å². The summed E-state index contributed by atoms with van der Waals surface area (Å²) in [5.74, 6) is 3.60. The number of carbonyl (C=O) groups is 1. The van der Waals surface area contributed by atoms with Gasteiger partial charge in [-0.1, -0.05) is 44.4 Å². The highest BCUT2D eigenvalue weighted by Crippen LogP contribution is 2.47. The lowest BCUT2D eigenvalue weighted by atomic mass is 9.97. The van der Waals surface area contributed by atoms with Crippen molar-refractivity contribution in [2.75, 3.05) is 7.11 Å². The van der Waals surface area contributed by atoms with Crippen molar-refractivity contribution >= 4 is 11.7 Å². The number of rotatable bonds is 12. The monoisotopic (exact) mass is 344 g/mol. The fraction of sp³-hybridized carbons (Fsp3) is 0.571. The van der Waals surface area contributed by atoms with Crippen LogP contribution in [0.15, 0.2) is 41.1 Å². The van der Waals surface area contributed by atoms with Crippen molar-refractivity contribution in [2.24, 2.45) is 5.92 Å².